The molecule has 9 aromatic carbocycles. The Bertz CT molecular complexity index is 2920. The lowest BCUT2D eigenvalue weighted by Gasteiger charge is -2.26. The number of benzene rings is 9. The fourth-order valence-corrected chi connectivity index (χ4v) is 11.1. The Labute approximate surface area is 349 Å². The van der Waals surface area contributed by atoms with Crippen molar-refractivity contribution in [1.29, 1.82) is 0 Å². The molecule has 0 saturated heterocycles. The van der Waals surface area contributed by atoms with Crippen LogP contribution in [0.1, 0.15) is 25.0 Å². The zero-order valence-corrected chi connectivity index (χ0v) is 33.9. The monoisotopic (exact) mass is 777 g/mol. The van der Waals surface area contributed by atoms with E-state index in [-0.39, 0.29) is 5.41 Å². The molecule has 0 radical (unpaired) electrons. The molecule has 11 rings (SSSR count). The molecule has 0 spiro atoms. The molecule has 0 amide bonds. The van der Waals surface area contributed by atoms with Gasteiger partial charge in [0, 0.05) is 42.1 Å². The van der Waals surface area contributed by atoms with E-state index in [9.17, 15) is 0 Å². The van der Waals surface area contributed by atoms with Gasteiger partial charge in [0.1, 0.15) is 0 Å². The summed E-state index contributed by atoms with van der Waals surface area (Å²) in [6, 6.07) is 73.6. The summed E-state index contributed by atoms with van der Waals surface area (Å²) in [7, 11) is 0. The number of fused-ring (bicyclic) bond motifs is 6. The van der Waals surface area contributed by atoms with Crippen LogP contribution in [0.3, 0.4) is 0 Å². The topological polar surface area (TPSA) is 3.24 Å². The number of nitrogens with zero attached hydrogens (tertiary/aromatic N) is 1. The largest absolute Gasteiger partial charge is 0.310 e. The molecule has 276 valence electrons. The van der Waals surface area contributed by atoms with Crippen LogP contribution in [0.5, 0.6) is 0 Å². The van der Waals surface area contributed by atoms with Crippen molar-refractivity contribution in [2.75, 3.05) is 4.90 Å². The second-order valence-corrected chi connectivity index (χ2v) is 18.0. The molecular weight excluding hydrogens is 739 g/mol. The Balaban J connectivity index is 0.934. The van der Waals surface area contributed by atoms with Gasteiger partial charge in [0.25, 0.3) is 0 Å². The van der Waals surface area contributed by atoms with Gasteiger partial charge in [-0.2, -0.15) is 0 Å². The van der Waals surface area contributed by atoms with Crippen LogP contribution in [0.15, 0.2) is 220 Å². The molecule has 0 saturated carbocycles. The van der Waals surface area contributed by atoms with Gasteiger partial charge in [0.05, 0.1) is 0 Å². The number of hydrogen-bond acceptors (Lipinski definition) is 3. The van der Waals surface area contributed by atoms with Crippen molar-refractivity contribution in [2.45, 2.75) is 38.8 Å². The van der Waals surface area contributed by atoms with Gasteiger partial charge < -0.3 is 4.90 Å². The van der Waals surface area contributed by atoms with Crippen molar-refractivity contribution in [1.82, 2.24) is 0 Å². The highest BCUT2D eigenvalue weighted by Gasteiger charge is 2.37. The maximum absolute atomic E-state index is 2.46. The van der Waals surface area contributed by atoms with Gasteiger partial charge in [0.2, 0.25) is 0 Å². The maximum Gasteiger partial charge on any atom is 0.0468 e. The van der Waals surface area contributed by atoms with Gasteiger partial charge >= 0.3 is 0 Å². The molecule has 0 bridgehead atoms. The van der Waals surface area contributed by atoms with E-state index in [1.807, 2.05) is 23.5 Å². The Morgan fingerprint density at radius 3 is 1.40 bits per heavy atom. The first-order valence-corrected chi connectivity index (χ1v) is 21.5. The standard InChI is InChI=1S/C55H39NS2/c1-55(2)49-33-43(24-30-47(49)48-34-53-54(35-50(48)55)58-52-16-10-9-15-51(52)57-53)40-17-18-42-32-46(29-23-41(42)31-40)56(44-25-19-38(20-26-44)36-11-5-3-6-12-36)45-27-21-39(22-28-45)37-13-7-4-8-14-37/h3-35H,1-2H3. The molecule has 0 aromatic heterocycles. The lowest BCUT2D eigenvalue weighted by atomic mass is 9.81. The van der Waals surface area contributed by atoms with Crippen molar-refractivity contribution in [3.63, 3.8) is 0 Å². The lowest BCUT2D eigenvalue weighted by Crippen LogP contribution is -2.15. The third-order valence-electron chi connectivity index (χ3n) is 11.9. The second kappa shape index (κ2) is 14.0. The van der Waals surface area contributed by atoms with E-state index in [2.05, 4.69) is 219 Å². The van der Waals surface area contributed by atoms with Crippen LogP contribution >= 0.6 is 23.5 Å². The zero-order valence-electron chi connectivity index (χ0n) is 32.3. The summed E-state index contributed by atoms with van der Waals surface area (Å²) in [6.45, 7) is 4.78. The molecule has 1 nitrogen and oxygen atoms in total. The molecule has 2 aliphatic rings. The van der Waals surface area contributed by atoms with E-state index in [1.165, 1.54) is 86.0 Å². The van der Waals surface area contributed by atoms with Crippen LogP contribution in [0, 0.1) is 0 Å². The van der Waals surface area contributed by atoms with Crippen molar-refractivity contribution in [2.24, 2.45) is 0 Å². The minimum Gasteiger partial charge on any atom is -0.310 e. The molecule has 1 aliphatic heterocycles. The Morgan fingerprint density at radius 1 is 0.328 bits per heavy atom. The van der Waals surface area contributed by atoms with Crippen LogP contribution in [-0.2, 0) is 5.41 Å². The van der Waals surface area contributed by atoms with E-state index < -0.39 is 0 Å². The second-order valence-electron chi connectivity index (χ2n) is 15.8. The Morgan fingerprint density at radius 2 is 0.776 bits per heavy atom. The SMILES string of the molecule is CC1(C)c2cc(-c3ccc4cc(N(c5ccc(-c6ccccc6)cc5)c5ccc(-c6ccccc6)cc5)ccc4c3)ccc2-c2cc3c(cc21)Sc1ccccc1S3. The summed E-state index contributed by atoms with van der Waals surface area (Å²) < 4.78 is 0. The fourth-order valence-electron chi connectivity index (χ4n) is 8.80. The average molecular weight is 778 g/mol. The summed E-state index contributed by atoms with van der Waals surface area (Å²) in [6.07, 6.45) is 0. The normalized spacial score (nSPS) is 13.3. The number of anilines is 3. The highest BCUT2D eigenvalue weighted by atomic mass is 32.2. The van der Waals surface area contributed by atoms with Crippen molar-refractivity contribution < 1.29 is 0 Å². The summed E-state index contributed by atoms with van der Waals surface area (Å²) in [5, 5.41) is 2.44. The smallest absolute Gasteiger partial charge is 0.0468 e. The Hall–Kier alpha value is -6.26. The van der Waals surface area contributed by atoms with Crippen molar-refractivity contribution in [3.8, 4) is 44.5 Å². The highest BCUT2D eigenvalue weighted by molar-refractivity contribution is 8.05. The minimum atomic E-state index is -0.0916. The highest BCUT2D eigenvalue weighted by Crippen LogP contribution is 2.56. The van der Waals surface area contributed by atoms with E-state index in [0.717, 1.165) is 17.1 Å². The molecule has 3 heteroatoms. The van der Waals surface area contributed by atoms with Crippen LogP contribution in [0.4, 0.5) is 17.1 Å². The summed E-state index contributed by atoms with van der Waals surface area (Å²) >= 11 is 3.80. The van der Waals surface area contributed by atoms with E-state index >= 15 is 0 Å². The third kappa shape index (κ3) is 6.05. The van der Waals surface area contributed by atoms with Crippen LogP contribution < -0.4 is 4.90 Å². The van der Waals surface area contributed by atoms with Gasteiger partial charge in [-0.05, 0) is 139 Å². The van der Waals surface area contributed by atoms with Gasteiger partial charge in [0.15, 0.2) is 0 Å². The first-order chi connectivity index (χ1) is 28.5. The summed E-state index contributed by atoms with van der Waals surface area (Å²) in [4.78, 5) is 7.78. The number of hydrogen-bond donors (Lipinski definition) is 0. The molecule has 1 aliphatic carbocycles. The lowest BCUT2D eigenvalue weighted by molar-refractivity contribution is 0.658. The number of rotatable bonds is 6. The molecule has 1 heterocycles. The molecule has 0 fully saturated rings. The van der Waals surface area contributed by atoms with Crippen molar-refractivity contribution >= 4 is 51.4 Å². The van der Waals surface area contributed by atoms with E-state index in [0.29, 0.717) is 0 Å². The maximum atomic E-state index is 2.46. The first kappa shape index (κ1) is 34.9. The van der Waals surface area contributed by atoms with E-state index in [4.69, 9.17) is 0 Å². The molecule has 0 N–H and O–H groups in total. The first-order valence-electron chi connectivity index (χ1n) is 19.9. The molecule has 0 atom stereocenters. The van der Waals surface area contributed by atoms with Crippen LogP contribution in [0.25, 0.3) is 55.3 Å². The predicted molar refractivity (Wildman–Crippen MR) is 247 cm³/mol. The third-order valence-corrected chi connectivity index (χ3v) is 14.4. The molecular formula is C55H39NS2. The van der Waals surface area contributed by atoms with Crippen LogP contribution in [0.2, 0.25) is 0 Å². The van der Waals surface area contributed by atoms with E-state index in [1.54, 1.807) is 0 Å². The van der Waals surface area contributed by atoms with Crippen LogP contribution in [-0.4, -0.2) is 0 Å². The molecule has 9 aromatic rings. The average Bonchev–Trinajstić information content (AvgIpc) is 3.50. The fraction of sp³-hybridized carbons (Fsp3) is 0.0545. The van der Waals surface area contributed by atoms with Gasteiger partial charge in [-0.1, -0.05) is 165 Å². The zero-order chi connectivity index (χ0) is 38.8. The molecule has 58 heavy (non-hydrogen) atoms. The van der Waals surface area contributed by atoms with Gasteiger partial charge in [-0.25, -0.2) is 0 Å². The minimum absolute atomic E-state index is 0.0916. The van der Waals surface area contributed by atoms with Gasteiger partial charge in [-0.15, -0.1) is 0 Å². The summed E-state index contributed by atoms with van der Waals surface area (Å²) in [5.41, 5.74) is 16.2. The summed E-state index contributed by atoms with van der Waals surface area (Å²) in [5.74, 6) is 0. The van der Waals surface area contributed by atoms with Gasteiger partial charge in [-0.3, -0.25) is 0 Å². The Kier molecular flexibility index (Phi) is 8.43. The quantitative estimate of drug-likeness (QED) is 0.166. The molecule has 0 unspecified atom stereocenters. The van der Waals surface area contributed by atoms with Crippen molar-refractivity contribution in [3.05, 3.63) is 211 Å². The predicted octanol–water partition coefficient (Wildman–Crippen LogP) is 16.2.